The van der Waals surface area contributed by atoms with E-state index in [1.165, 1.54) is 11.1 Å². The summed E-state index contributed by atoms with van der Waals surface area (Å²) in [5.41, 5.74) is 12.9. The third kappa shape index (κ3) is 13.6. The number of hydrogen-bond acceptors (Lipinski definition) is 8. The van der Waals surface area contributed by atoms with Crippen LogP contribution >= 0.6 is 0 Å². The maximum atomic E-state index is 13.0. The number of nitrogens with one attached hydrogen (secondary N) is 2. The Bertz CT molecular complexity index is 2480. The molecule has 2 aliphatic heterocycles. The predicted octanol–water partition coefficient (Wildman–Crippen LogP) is 5.43. The number of sulfonamides is 2. The minimum atomic E-state index is -3.42. The number of likely N-dealkylation sites (tertiary alicyclic amines) is 2. The first kappa shape index (κ1) is 47.3. The van der Waals surface area contributed by atoms with Gasteiger partial charge in [0.05, 0.1) is 36.7 Å². The second-order valence-corrected chi connectivity index (χ2v) is 20.0. The van der Waals surface area contributed by atoms with E-state index in [4.69, 9.17) is 5.73 Å². The van der Waals surface area contributed by atoms with Crippen molar-refractivity contribution in [1.29, 1.82) is 0 Å². The highest BCUT2D eigenvalue weighted by Gasteiger charge is 2.27. The zero-order valence-corrected chi connectivity index (χ0v) is 37.9. The maximum absolute atomic E-state index is 13.0. The summed E-state index contributed by atoms with van der Waals surface area (Å²) in [6.07, 6.45) is 6.24. The van der Waals surface area contributed by atoms with Gasteiger partial charge in [-0.15, -0.1) is 0 Å². The number of likely N-dealkylation sites (N-methyl/N-ethyl adjacent to an activating group) is 1. The number of primary amides is 1. The lowest BCUT2D eigenvalue weighted by Gasteiger charge is -2.32. The van der Waals surface area contributed by atoms with Crippen molar-refractivity contribution in [2.45, 2.75) is 64.2 Å². The van der Waals surface area contributed by atoms with Gasteiger partial charge < -0.3 is 20.4 Å². The Hall–Kier alpha value is -5.74. The van der Waals surface area contributed by atoms with Crippen molar-refractivity contribution >= 4 is 55.1 Å². The van der Waals surface area contributed by atoms with Gasteiger partial charge in [-0.25, -0.2) is 16.8 Å². The molecule has 4 amide bonds. The Morgan fingerprint density at radius 3 is 1.27 bits per heavy atom. The molecule has 0 saturated carbocycles. The molecule has 4 aromatic carbocycles. The normalized spacial score (nSPS) is 14.9. The average Bonchev–Trinajstić information content (AvgIpc) is 3.21. The van der Waals surface area contributed by atoms with Crippen LogP contribution in [0.15, 0.2) is 84.9 Å². The SMILES string of the molecule is Cc1ccc(C(=O)N2CCC(c3ccc(CC(=O)N(C)C)cc3)CC2)cc1NS(C)(=O)=O.Cc1ccc(C(=O)N2CCC(c3ccc(CC(N)=O)cc3)CC2)cc1NS(C)(=O)=O. The average molecular weight is 887 g/mol. The fourth-order valence-electron chi connectivity index (χ4n) is 7.68. The molecule has 0 unspecified atom stereocenters. The summed E-state index contributed by atoms with van der Waals surface area (Å²) in [6.45, 7) is 6.15. The molecule has 332 valence electrons. The van der Waals surface area contributed by atoms with Crippen molar-refractivity contribution in [2.75, 3.05) is 62.2 Å². The van der Waals surface area contributed by atoms with Gasteiger partial charge >= 0.3 is 0 Å². The Balaban J connectivity index is 0.000000235. The minimum absolute atomic E-state index is 0.0792. The zero-order chi connectivity index (χ0) is 45.4. The van der Waals surface area contributed by atoms with Crippen LogP contribution in [0.5, 0.6) is 0 Å². The Kier molecular flexibility index (Phi) is 15.6. The van der Waals surface area contributed by atoms with Gasteiger partial charge in [0.2, 0.25) is 31.9 Å². The first-order valence-electron chi connectivity index (χ1n) is 20.6. The van der Waals surface area contributed by atoms with Gasteiger partial charge in [0, 0.05) is 51.4 Å². The molecule has 0 aliphatic carbocycles. The molecule has 0 radical (unpaired) electrons. The quantitative estimate of drug-likeness (QED) is 0.167. The number of piperidine rings is 2. The third-order valence-electron chi connectivity index (χ3n) is 11.3. The maximum Gasteiger partial charge on any atom is 0.253 e. The lowest BCUT2D eigenvalue weighted by atomic mass is 9.88. The van der Waals surface area contributed by atoms with Crippen molar-refractivity contribution in [2.24, 2.45) is 5.73 Å². The summed E-state index contributed by atoms with van der Waals surface area (Å²) < 4.78 is 51.2. The smallest absolute Gasteiger partial charge is 0.253 e. The van der Waals surface area contributed by atoms with E-state index in [1.807, 2.05) is 46.2 Å². The molecule has 2 fully saturated rings. The molecule has 2 aliphatic rings. The topological polar surface area (TPSA) is 196 Å². The van der Waals surface area contributed by atoms with Crippen LogP contribution in [0, 0.1) is 13.8 Å². The lowest BCUT2D eigenvalue weighted by Crippen LogP contribution is -2.38. The standard InChI is InChI=1S/C24H31N3O4S.C22H27N3O4S/c1-17-5-8-21(16-22(17)25-32(4,30)31)24(29)27-13-11-20(12-14-27)19-9-6-18(7-10-19)15-23(28)26(2)3;1-15-3-6-19(14-20(15)24-30(2,28)29)22(27)25-11-9-18(10-12-25)17-7-4-16(5-8-17)13-21(23)26/h5-10,16,20,25H,11-15H2,1-4H3;3-8,14,18,24H,9-13H2,1-2H3,(H2,23,26). The summed E-state index contributed by atoms with van der Waals surface area (Å²) in [5.74, 6) is 0.283. The van der Waals surface area contributed by atoms with E-state index in [0.717, 1.165) is 60.4 Å². The van der Waals surface area contributed by atoms with Gasteiger partial charge in [-0.05, 0) is 109 Å². The number of carbonyl (C=O) groups is 4. The molecule has 62 heavy (non-hydrogen) atoms. The largest absolute Gasteiger partial charge is 0.369 e. The molecule has 6 rings (SSSR count). The van der Waals surface area contributed by atoms with E-state index in [9.17, 15) is 36.0 Å². The second-order valence-electron chi connectivity index (χ2n) is 16.5. The molecule has 0 aromatic heterocycles. The minimum Gasteiger partial charge on any atom is -0.369 e. The highest BCUT2D eigenvalue weighted by Crippen LogP contribution is 2.31. The number of rotatable bonds is 12. The highest BCUT2D eigenvalue weighted by molar-refractivity contribution is 7.92. The van der Waals surface area contributed by atoms with Crippen LogP contribution in [0.4, 0.5) is 11.4 Å². The fourth-order valence-corrected chi connectivity index (χ4v) is 8.91. The molecule has 0 spiro atoms. The predicted molar refractivity (Wildman–Crippen MR) is 243 cm³/mol. The summed E-state index contributed by atoms with van der Waals surface area (Å²) in [7, 11) is -3.32. The molecule has 0 bridgehead atoms. The van der Waals surface area contributed by atoms with Crippen LogP contribution in [-0.4, -0.2) is 108 Å². The van der Waals surface area contributed by atoms with E-state index >= 15 is 0 Å². The number of benzene rings is 4. The van der Waals surface area contributed by atoms with Crippen LogP contribution < -0.4 is 15.2 Å². The summed E-state index contributed by atoms with van der Waals surface area (Å²) in [6, 6.07) is 26.3. The molecule has 14 nitrogen and oxygen atoms in total. The van der Waals surface area contributed by atoms with E-state index in [2.05, 4.69) is 21.6 Å². The van der Waals surface area contributed by atoms with Crippen molar-refractivity contribution in [3.63, 3.8) is 0 Å². The molecule has 2 saturated heterocycles. The van der Waals surface area contributed by atoms with Gasteiger partial charge in [0.15, 0.2) is 0 Å². The molecule has 4 N–H and O–H groups in total. The van der Waals surface area contributed by atoms with Crippen molar-refractivity contribution in [1.82, 2.24) is 14.7 Å². The third-order valence-corrected chi connectivity index (χ3v) is 12.4. The first-order chi connectivity index (χ1) is 29.2. The lowest BCUT2D eigenvalue weighted by molar-refractivity contribution is -0.128. The van der Waals surface area contributed by atoms with Gasteiger partial charge in [0.25, 0.3) is 11.8 Å². The molecular formula is C46H58N6O8S2. The highest BCUT2D eigenvalue weighted by atomic mass is 32.2. The number of amides is 4. The zero-order valence-electron chi connectivity index (χ0n) is 36.3. The number of nitrogens with zero attached hydrogens (tertiary/aromatic N) is 3. The molecule has 0 atom stereocenters. The van der Waals surface area contributed by atoms with Crippen LogP contribution in [0.25, 0.3) is 0 Å². The van der Waals surface area contributed by atoms with Crippen LogP contribution in [0.1, 0.15) is 91.6 Å². The van der Waals surface area contributed by atoms with Gasteiger partial charge in [-0.2, -0.15) is 0 Å². The molecule has 2 heterocycles. The van der Waals surface area contributed by atoms with Crippen LogP contribution in [0.2, 0.25) is 0 Å². The molecule has 16 heteroatoms. The van der Waals surface area contributed by atoms with E-state index < -0.39 is 20.0 Å². The number of anilines is 2. The van der Waals surface area contributed by atoms with Gasteiger partial charge in [-0.3, -0.25) is 28.6 Å². The van der Waals surface area contributed by atoms with E-state index in [-0.39, 0.29) is 30.0 Å². The second kappa shape index (κ2) is 20.4. The van der Waals surface area contributed by atoms with Crippen molar-refractivity contribution < 1.29 is 36.0 Å². The Labute approximate surface area is 366 Å². The van der Waals surface area contributed by atoms with Crippen molar-refractivity contribution in [3.8, 4) is 0 Å². The fraction of sp³-hybridized carbons (Fsp3) is 0.391. The van der Waals surface area contributed by atoms with E-state index in [1.54, 1.807) is 69.2 Å². The number of hydrogen-bond donors (Lipinski definition) is 3. The number of carbonyl (C=O) groups excluding carboxylic acids is 4. The Morgan fingerprint density at radius 2 is 0.952 bits per heavy atom. The van der Waals surface area contributed by atoms with Gasteiger partial charge in [0.1, 0.15) is 0 Å². The number of aryl methyl sites for hydroxylation is 2. The monoisotopic (exact) mass is 886 g/mol. The summed E-state index contributed by atoms with van der Waals surface area (Å²) in [4.78, 5) is 54.1. The summed E-state index contributed by atoms with van der Waals surface area (Å²) >= 11 is 0. The first-order valence-corrected chi connectivity index (χ1v) is 24.4. The van der Waals surface area contributed by atoms with Crippen LogP contribution in [-0.2, 0) is 42.5 Å². The van der Waals surface area contributed by atoms with E-state index in [0.29, 0.717) is 66.9 Å². The Morgan fingerprint density at radius 1 is 0.597 bits per heavy atom. The molecular weight excluding hydrogens is 829 g/mol. The van der Waals surface area contributed by atoms with Gasteiger partial charge in [-0.1, -0.05) is 60.7 Å². The molecule has 4 aromatic rings. The summed E-state index contributed by atoms with van der Waals surface area (Å²) in [5, 5.41) is 0. The van der Waals surface area contributed by atoms with Crippen LogP contribution in [0.3, 0.4) is 0 Å². The number of nitrogens with two attached hydrogens (primary N) is 1. The van der Waals surface area contributed by atoms with Crippen molar-refractivity contribution in [3.05, 3.63) is 129 Å².